The Hall–Kier alpha value is -1.97. The van der Waals surface area contributed by atoms with E-state index < -0.39 is 9.84 Å². The van der Waals surface area contributed by atoms with E-state index in [-0.39, 0.29) is 17.7 Å². The molecule has 2 N–H and O–H groups in total. The van der Waals surface area contributed by atoms with E-state index in [2.05, 4.69) is 19.9 Å². The molecule has 3 rings (SSSR count). The monoisotopic (exact) mass is 411 g/mol. The Morgan fingerprint density at radius 1 is 1.37 bits per heavy atom. The molecule has 3 heterocycles. The second kappa shape index (κ2) is 7.95. The first-order chi connectivity index (χ1) is 12.7. The first-order valence-corrected chi connectivity index (χ1v) is 10.9. The number of nitrogens with zero attached hydrogens (tertiary/aromatic N) is 4. The number of aromatic nitrogens is 3. The van der Waals surface area contributed by atoms with Crippen LogP contribution in [0.4, 0.5) is 11.8 Å². The molecule has 0 saturated carbocycles. The SMILES string of the molecule is Cc1cc(N2CCCOCC2c2ncc(CS(C)(=O)=O)cc2Cl)nc(N)n1. The van der Waals surface area contributed by atoms with E-state index >= 15 is 0 Å². The lowest BCUT2D eigenvalue weighted by Crippen LogP contribution is -2.32. The van der Waals surface area contributed by atoms with E-state index in [0.29, 0.717) is 41.9 Å². The molecule has 10 heteroatoms. The van der Waals surface area contributed by atoms with Gasteiger partial charge in [0.2, 0.25) is 5.95 Å². The van der Waals surface area contributed by atoms with Gasteiger partial charge in [-0.3, -0.25) is 4.98 Å². The molecule has 146 valence electrons. The van der Waals surface area contributed by atoms with Gasteiger partial charge in [0.25, 0.3) is 0 Å². The van der Waals surface area contributed by atoms with Crippen molar-refractivity contribution in [3.63, 3.8) is 0 Å². The average Bonchev–Trinajstić information content (AvgIpc) is 2.78. The first kappa shape index (κ1) is 19.8. The van der Waals surface area contributed by atoms with E-state index in [1.165, 1.54) is 6.26 Å². The van der Waals surface area contributed by atoms with Crippen LogP contribution in [0.2, 0.25) is 5.02 Å². The van der Waals surface area contributed by atoms with Crippen LogP contribution in [0.15, 0.2) is 18.3 Å². The second-order valence-corrected chi connectivity index (χ2v) is 9.19. The fraction of sp³-hybridized carbons (Fsp3) is 0.471. The second-order valence-electron chi connectivity index (χ2n) is 6.64. The average molecular weight is 412 g/mol. The Kier molecular flexibility index (Phi) is 5.83. The zero-order chi connectivity index (χ0) is 19.6. The van der Waals surface area contributed by atoms with Gasteiger partial charge < -0.3 is 15.4 Å². The highest BCUT2D eigenvalue weighted by Gasteiger charge is 2.28. The summed E-state index contributed by atoms with van der Waals surface area (Å²) < 4.78 is 28.8. The van der Waals surface area contributed by atoms with E-state index in [0.717, 1.165) is 12.1 Å². The van der Waals surface area contributed by atoms with Gasteiger partial charge in [-0.15, -0.1) is 0 Å². The number of nitrogens with two attached hydrogens (primary N) is 1. The maximum absolute atomic E-state index is 11.5. The first-order valence-electron chi connectivity index (χ1n) is 8.50. The van der Waals surface area contributed by atoms with Gasteiger partial charge in [-0.25, -0.2) is 13.4 Å². The highest BCUT2D eigenvalue weighted by atomic mass is 35.5. The number of sulfone groups is 1. The smallest absolute Gasteiger partial charge is 0.222 e. The lowest BCUT2D eigenvalue weighted by Gasteiger charge is -2.30. The Morgan fingerprint density at radius 2 is 2.15 bits per heavy atom. The maximum Gasteiger partial charge on any atom is 0.222 e. The van der Waals surface area contributed by atoms with Crippen LogP contribution in [-0.2, 0) is 20.3 Å². The molecule has 0 amide bonds. The lowest BCUT2D eigenvalue weighted by molar-refractivity contribution is 0.133. The van der Waals surface area contributed by atoms with Crippen molar-refractivity contribution in [2.24, 2.45) is 0 Å². The topological polar surface area (TPSA) is 111 Å². The van der Waals surface area contributed by atoms with Crippen molar-refractivity contribution in [3.8, 4) is 0 Å². The van der Waals surface area contributed by atoms with Crippen LogP contribution in [0.3, 0.4) is 0 Å². The Labute approximate surface area is 163 Å². The number of anilines is 2. The van der Waals surface area contributed by atoms with Crippen molar-refractivity contribution in [1.82, 2.24) is 15.0 Å². The summed E-state index contributed by atoms with van der Waals surface area (Å²) in [7, 11) is -3.17. The highest BCUT2D eigenvalue weighted by Crippen LogP contribution is 2.32. The molecule has 0 aromatic carbocycles. The van der Waals surface area contributed by atoms with Gasteiger partial charge in [-0.2, -0.15) is 4.98 Å². The quantitative estimate of drug-likeness (QED) is 0.812. The highest BCUT2D eigenvalue weighted by molar-refractivity contribution is 7.89. The molecule has 1 aliphatic heterocycles. The van der Waals surface area contributed by atoms with Crippen LogP contribution in [-0.4, -0.2) is 49.4 Å². The van der Waals surface area contributed by atoms with E-state index in [4.69, 9.17) is 22.1 Å². The van der Waals surface area contributed by atoms with Crippen LogP contribution in [0.5, 0.6) is 0 Å². The molecule has 27 heavy (non-hydrogen) atoms. The number of hydrogen-bond donors (Lipinski definition) is 1. The molecule has 2 aromatic heterocycles. The number of hydrogen-bond acceptors (Lipinski definition) is 8. The zero-order valence-electron chi connectivity index (χ0n) is 15.2. The van der Waals surface area contributed by atoms with Crippen LogP contribution in [0.25, 0.3) is 0 Å². The zero-order valence-corrected chi connectivity index (χ0v) is 16.8. The van der Waals surface area contributed by atoms with Crippen molar-refractivity contribution < 1.29 is 13.2 Å². The molecule has 0 spiro atoms. The third-order valence-electron chi connectivity index (χ3n) is 4.16. The van der Waals surface area contributed by atoms with Gasteiger partial charge in [0, 0.05) is 37.4 Å². The summed E-state index contributed by atoms with van der Waals surface area (Å²) in [6.07, 6.45) is 3.55. The van der Waals surface area contributed by atoms with Gasteiger partial charge in [0.15, 0.2) is 9.84 Å². The Morgan fingerprint density at radius 3 is 2.81 bits per heavy atom. The molecular formula is C17H22ClN5O3S. The van der Waals surface area contributed by atoms with Gasteiger partial charge >= 0.3 is 0 Å². The number of nitrogen functional groups attached to an aromatic ring is 1. The summed E-state index contributed by atoms with van der Waals surface area (Å²) in [5.74, 6) is 0.789. The molecule has 0 radical (unpaired) electrons. The molecule has 1 unspecified atom stereocenters. The maximum atomic E-state index is 11.5. The van der Waals surface area contributed by atoms with Crippen molar-refractivity contribution in [3.05, 3.63) is 40.3 Å². The van der Waals surface area contributed by atoms with Crippen molar-refractivity contribution in [2.45, 2.75) is 25.1 Å². The summed E-state index contributed by atoms with van der Waals surface area (Å²) in [5, 5.41) is 0.399. The van der Waals surface area contributed by atoms with Crippen LogP contribution < -0.4 is 10.6 Å². The summed E-state index contributed by atoms with van der Waals surface area (Å²) in [6.45, 7) is 3.57. The molecule has 0 bridgehead atoms. The largest absolute Gasteiger partial charge is 0.379 e. The van der Waals surface area contributed by atoms with Crippen LogP contribution in [0, 0.1) is 6.92 Å². The fourth-order valence-electron chi connectivity index (χ4n) is 3.12. The minimum absolute atomic E-state index is 0.105. The molecule has 2 aromatic rings. The van der Waals surface area contributed by atoms with Gasteiger partial charge in [0.05, 0.1) is 29.1 Å². The van der Waals surface area contributed by atoms with E-state index in [1.807, 2.05) is 13.0 Å². The van der Waals surface area contributed by atoms with Crippen LogP contribution in [0.1, 0.15) is 29.4 Å². The molecule has 1 fully saturated rings. The summed E-state index contributed by atoms with van der Waals surface area (Å²) in [5.41, 5.74) is 7.75. The molecule has 1 aliphatic rings. The lowest BCUT2D eigenvalue weighted by atomic mass is 10.1. The number of halogens is 1. The summed E-state index contributed by atoms with van der Waals surface area (Å²) in [6, 6.07) is 3.25. The third-order valence-corrected chi connectivity index (χ3v) is 5.32. The Balaban J connectivity index is 1.98. The molecule has 8 nitrogen and oxygen atoms in total. The summed E-state index contributed by atoms with van der Waals surface area (Å²) in [4.78, 5) is 15.0. The number of rotatable bonds is 4. The van der Waals surface area contributed by atoms with Gasteiger partial charge in [0.1, 0.15) is 5.82 Å². The van der Waals surface area contributed by atoms with Gasteiger partial charge in [-0.1, -0.05) is 11.6 Å². The number of pyridine rings is 1. The van der Waals surface area contributed by atoms with Crippen molar-refractivity contribution >= 4 is 33.2 Å². The van der Waals surface area contributed by atoms with Crippen molar-refractivity contribution in [2.75, 3.05) is 36.6 Å². The van der Waals surface area contributed by atoms with E-state index in [9.17, 15) is 8.42 Å². The van der Waals surface area contributed by atoms with Gasteiger partial charge in [-0.05, 0) is 25.0 Å². The van der Waals surface area contributed by atoms with Crippen LogP contribution >= 0.6 is 11.6 Å². The molecule has 1 atom stereocenters. The molecular weight excluding hydrogens is 390 g/mol. The number of aryl methyl sites for hydroxylation is 1. The van der Waals surface area contributed by atoms with E-state index in [1.54, 1.807) is 12.3 Å². The number of ether oxygens (including phenoxy) is 1. The summed E-state index contributed by atoms with van der Waals surface area (Å²) >= 11 is 6.46. The fourth-order valence-corrected chi connectivity index (χ4v) is 4.19. The Bertz CT molecular complexity index is 918. The van der Waals surface area contributed by atoms with Crippen molar-refractivity contribution in [1.29, 1.82) is 0 Å². The predicted molar refractivity (Wildman–Crippen MR) is 104 cm³/mol. The minimum Gasteiger partial charge on any atom is -0.379 e. The minimum atomic E-state index is -3.17. The normalized spacial score (nSPS) is 18.3. The third kappa shape index (κ3) is 5.06. The molecule has 1 saturated heterocycles. The predicted octanol–water partition coefficient (Wildman–Crippen LogP) is 1.93. The standard InChI is InChI=1S/C17H22ClN5O3S/c1-11-6-15(22-17(19)21-11)23-4-3-5-26-9-14(23)16-13(18)7-12(8-20-16)10-27(2,24)25/h6-8,14H,3-5,9-10H2,1-2H3,(H2,19,21,22). The molecule has 0 aliphatic carbocycles.